The number of nitrogens with zero attached hydrogens (tertiary/aromatic N) is 3. The van der Waals surface area contributed by atoms with E-state index in [-0.39, 0.29) is 12.4 Å². The molecule has 1 aromatic heterocycles. The molecule has 0 aliphatic carbocycles. The predicted octanol–water partition coefficient (Wildman–Crippen LogP) is 5.10. The van der Waals surface area contributed by atoms with Crippen LogP contribution in [0.5, 0.6) is 11.5 Å². The van der Waals surface area contributed by atoms with Crippen molar-refractivity contribution in [2.24, 2.45) is 0 Å². The number of nitrogens with one attached hydrogen (secondary N) is 1. The fraction of sp³-hybridized carbons (Fsp3) is 0.300. The molecule has 3 aromatic rings. The largest absolute Gasteiger partial charge is 0.493 e. The van der Waals surface area contributed by atoms with Gasteiger partial charge in [-0.05, 0) is 30.3 Å². The predicted molar refractivity (Wildman–Crippen MR) is 123 cm³/mol. The molecule has 0 aliphatic rings. The highest BCUT2D eigenvalue weighted by Gasteiger charge is 2.11. The molecule has 6 nitrogen and oxygen atoms in total. The van der Waals surface area contributed by atoms with Gasteiger partial charge in [-0.1, -0.05) is 0 Å². The summed E-state index contributed by atoms with van der Waals surface area (Å²) in [6.07, 6.45) is 1.52. The molecule has 0 atom stereocenters. The van der Waals surface area contributed by atoms with Gasteiger partial charge < -0.3 is 19.7 Å². The van der Waals surface area contributed by atoms with Gasteiger partial charge in [-0.15, -0.1) is 35.6 Å². The molecular formula is C20H23Cl3N4O2. The van der Waals surface area contributed by atoms with Crippen molar-refractivity contribution in [1.82, 2.24) is 9.97 Å². The molecule has 2 aromatic carbocycles. The fourth-order valence-electron chi connectivity index (χ4n) is 2.95. The Balaban J connectivity index is 0.00000300. The van der Waals surface area contributed by atoms with Crippen LogP contribution in [0, 0.1) is 0 Å². The lowest BCUT2D eigenvalue weighted by Gasteiger charge is -2.23. The van der Waals surface area contributed by atoms with E-state index in [4.69, 9.17) is 32.7 Å². The zero-order valence-corrected chi connectivity index (χ0v) is 18.5. The van der Waals surface area contributed by atoms with Crippen LogP contribution in [0.4, 0.5) is 17.2 Å². The quantitative estimate of drug-likeness (QED) is 0.451. The van der Waals surface area contributed by atoms with Crippen molar-refractivity contribution in [1.29, 1.82) is 0 Å². The van der Waals surface area contributed by atoms with E-state index in [2.05, 4.69) is 20.2 Å². The number of alkyl halides is 2. The lowest BCUT2D eigenvalue weighted by Crippen LogP contribution is -2.27. The molecule has 0 bridgehead atoms. The fourth-order valence-corrected chi connectivity index (χ4v) is 3.36. The number of methoxy groups -OCH3 is 2. The first kappa shape index (κ1) is 23.1. The third-order valence-electron chi connectivity index (χ3n) is 4.34. The zero-order chi connectivity index (χ0) is 19.9. The van der Waals surface area contributed by atoms with E-state index in [0.29, 0.717) is 29.1 Å². The Bertz CT molecular complexity index is 919. The second kappa shape index (κ2) is 11.1. The SMILES string of the molecule is COc1cc2ncnc(Nc3ccc(N(CCCl)CCCl)cc3)c2cc1OC.Cl. The van der Waals surface area contributed by atoms with Crippen LogP contribution in [0.15, 0.2) is 42.7 Å². The van der Waals surface area contributed by atoms with Crippen LogP contribution in [-0.2, 0) is 0 Å². The summed E-state index contributed by atoms with van der Waals surface area (Å²) in [6.45, 7) is 1.50. The highest BCUT2D eigenvalue weighted by atomic mass is 35.5. The molecule has 0 unspecified atom stereocenters. The first-order chi connectivity index (χ1) is 13.7. The maximum absolute atomic E-state index is 5.89. The second-order valence-electron chi connectivity index (χ2n) is 5.98. The summed E-state index contributed by atoms with van der Waals surface area (Å²) in [7, 11) is 3.20. The molecule has 0 aliphatic heterocycles. The Labute approximate surface area is 186 Å². The summed E-state index contributed by atoms with van der Waals surface area (Å²) >= 11 is 11.8. The van der Waals surface area contributed by atoms with Crippen LogP contribution < -0.4 is 19.7 Å². The topological polar surface area (TPSA) is 59.5 Å². The van der Waals surface area contributed by atoms with Gasteiger partial charge in [0.15, 0.2) is 11.5 Å². The molecule has 0 saturated carbocycles. The monoisotopic (exact) mass is 456 g/mol. The van der Waals surface area contributed by atoms with Gasteiger partial charge in [-0.2, -0.15) is 0 Å². The van der Waals surface area contributed by atoms with Crippen LogP contribution in [0.25, 0.3) is 10.9 Å². The summed E-state index contributed by atoms with van der Waals surface area (Å²) in [5, 5.41) is 4.19. The summed E-state index contributed by atoms with van der Waals surface area (Å²) < 4.78 is 10.8. The molecule has 3 rings (SSSR count). The first-order valence-corrected chi connectivity index (χ1v) is 9.87. The molecule has 0 saturated heterocycles. The van der Waals surface area contributed by atoms with Gasteiger partial charge in [-0.3, -0.25) is 0 Å². The van der Waals surface area contributed by atoms with Gasteiger partial charge in [0.25, 0.3) is 0 Å². The van der Waals surface area contributed by atoms with Gasteiger partial charge in [-0.25, -0.2) is 9.97 Å². The van der Waals surface area contributed by atoms with E-state index in [9.17, 15) is 0 Å². The number of anilines is 3. The van der Waals surface area contributed by atoms with E-state index in [1.54, 1.807) is 14.2 Å². The number of hydrogen-bond acceptors (Lipinski definition) is 6. The summed E-state index contributed by atoms with van der Waals surface area (Å²) in [5.41, 5.74) is 2.75. The van der Waals surface area contributed by atoms with Crippen molar-refractivity contribution in [2.75, 3.05) is 49.3 Å². The standard InChI is InChI=1S/C20H22Cl2N4O2.ClH/c1-27-18-11-16-17(12-19(18)28-2)23-13-24-20(16)25-14-3-5-15(6-4-14)26(9-7-21)10-8-22;/h3-6,11-13H,7-10H2,1-2H3,(H,23,24,25);1H. The smallest absolute Gasteiger partial charge is 0.162 e. The van der Waals surface area contributed by atoms with Crippen molar-refractivity contribution in [3.63, 3.8) is 0 Å². The summed E-state index contributed by atoms with van der Waals surface area (Å²) in [6, 6.07) is 11.8. The number of aromatic nitrogens is 2. The van der Waals surface area contributed by atoms with E-state index < -0.39 is 0 Å². The molecule has 0 fully saturated rings. The number of halogens is 3. The third-order valence-corrected chi connectivity index (χ3v) is 4.68. The normalized spacial score (nSPS) is 10.3. The molecule has 0 amide bonds. The number of ether oxygens (including phenoxy) is 2. The molecule has 1 N–H and O–H groups in total. The third kappa shape index (κ3) is 5.47. The van der Waals surface area contributed by atoms with Crippen LogP contribution in [0.1, 0.15) is 0 Å². The van der Waals surface area contributed by atoms with Crippen molar-refractivity contribution in [3.05, 3.63) is 42.7 Å². The van der Waals surface area contributed by atoms with E-state index in [0.717, 1.165) is 35.4 Å². The second-order valence-corrected chi connectivity index (χ2v) is 6.74. The Hall–Kier alpha value is -2.15. The highest BCUT2D eigenvalue weighted by molar-refractivity contribution is 6.18. The van der Waals surface area contributed by atoms with Gasteiger partial charge in [0.1, 0.15) is 12.1 Å². The highest BCUT2D eigenvalue weighted by Crippen LogP contribution is 2.34. The lowest BCUT2D eigenvalue weighted by atomic mass is 10.2. The maximum Gasteiger partial charge on any atom is 0.162 e. The number of benzene rings is 2. The minimum Gasteiger partial charge on any atom is -0.493 e. The minimum atomic E-state index is 0. The Kier molecular flexibility index (Phi) is 8.89. The van der Waals surface area contributed by atoms with Crippen molar-refractivity contribution < 1.29 is 9.47 Å². The molecule has 0 spiro atoms. The van der Waals surface area contributed by atoms with E-state index in [1.165, 1.54) is 6.33 Å². The van der Waals surface area contributed by atoms with Crippen LogP contribution in [-0.4, -0.2) is 49.0 Å². The molecule has 29 heavy (non-hydrogen) atoms. The number of rotatable bonds is 9. The molecule has 156 valence electrons. The minimum absolute atomic E-state index is 0. The lowest BCUT2D eigenvalue weighted by molar-refractivity contribution is 0.356. The maximum atomic E-state index is 5.89. The zero-order valence-electron chi connectivity index (χ0n) is 16.2. The molecule has 1 heterocycles. The van der Waals surface area contributed by atoms with Gasteiger partial charge in [0, 0.05) is 47.7 Å². The Morgan fingerprint density at radius 3 is 2.14 bits per heavy atom. The summed E-state index contributed by atoms with van der Waals surface area (Å²) in [5.74, 6) is 3.05. The average Bonchev–Trinajstić information content (AvgIpc) is 2.73. The van der Waals surface area contributed by atoms with Crippen molar-refractivity contribution in [3.8, 4) is 11.5 Å². The van der Waals surface area contributed by atoms with Gasteiger partial charge in [0.2, 0.25) is 0 Å². The van der Waals surface area contributed by atoms with Crippen molar-refractivity contribution >= 4 is 63.7 Å². The molecule has 0 radical (unpaired) electrons. The van der Waals surface area contributed by atoms with Crippen LogP contribution >= 0.6 is 35.6 Å². The van der Waals surface area contributed by atoms with E-state index in [1.807, 2.05) is 36.4 Å². The molecular weight excluding hydrogens is 435 g/mol. The first-order valence-electron chi connectivity index (χ1n) is 8.81. The number of hydrogen-bond donors (Lipinski definition) is 1. The Morgan fingerprint density at radius 2 is 1.55 bits per heavy atom. The number of fused-ring (bicyclic) bond motifs is 1. The van der Waals surface area contributed by atoms with Gasteiger partial charge >= 0.3 is 0 Å². The average molecular weight is 458 g/mol. The van der Waals surface area contributed by atoms with Gasteiger partial charge in [0.05, 0.1) is 19.7 Å². The van der Waals surface area contributed by atoms with Crippen LogP contribution in [0.3, 0.4) is 0 Å². The summed E-state index contributed by atoms with van der Waals surface area (Å²) in [4.78, 5) is 10.9. The Morgan fingerprint density at radius 1 is 0.931 bits per heavy atom. The van der Waals surface area contributed by atoms with E-state index >= 15 is 0 Å². The molecule has 9 heteroatoms. The van der Waals surface area contributed by atoms with Crippen LogP contribution in [0.2, 0.25) is 0 Å². The van der Waals surface area contributed by atoms with Crippen molar-refractivity contribution in [2.45, 2.75) is 0 Å².